The van der Waals surface area contributed by atoms with Crippen molar-refractivity contribution in [3.05, 3.63) is 64.7 Å². The fraction of sp³-hybridized carbons (Fsp3) is 0. The fourth-order valence-electron chi connectivity index (χ4n) is 1.84. The van der Waals surface area contributed by atoms with Gasteiger partial charge >= 0.3 is 5.97 Å². The molecule has 0 aliphatic rings. The lowest BCUT2D eigenvalue weighted by Crippen LogP contribution is -2.10. The van der Waals surface area contributed by atoms with Crippen molar-refractivity contribution in [2.45, 2.75) is 0 Å². The molecule has 0 amide bonds. The highest BCUT2D eigenvalue weighted by molar-refractivity contribution is 9.10. The van der Waals surface area contributed by atoms with Gasteiger partial charge in [-0.05, 0) is 40.2 Å². The zero-order valence-electron chi connectivity index (χ0n) is 11.0. The van der Waals surface area contributed by atoms with Crippen LogP contribution in [0.15, 0.2) is 57.7 Å². The van der Waals surface area contributed by atoms with Crippen LogP contribution in [-0.4, -0.2) is 16.2 Å². The van der Waals surface area contributed by atoms with E-state index in [2.05, 4.69) is 26.1 Å². The van der Waals surface area contributed by atoms with Gasteiger partial charge in [0.1, 0.15) is 11.6 Å². The number of para-hydroxylation sites is 1. The minimum absolute atomic E-state index is 0.0512. The maximum Gasteiger partial charge on any atom is 0.344 e. The van der Waals surface area contributed by atoms with Gasteiger partial charge in [0.05, 0.1) is 15.6 Å². The highest BCUT2D eigenvalue weighted by Gasteiger charge is 2.18. The highest BCUT2D eigenvalue weighted by atomic mass is 79.9. The Balaban J connectivity index is 1.94. The zero-order chi connectivity index (χ0) is 15.5. The second-order valence-electron chi connectivity index (χ2n) is 4.23. The Labute approximate surface area is 132 Å². The van der Waals surface area contributed by atoms with E-state index < -0.39 is 11.8 Å². The van der Waals surface area contributed by atoms with E-state index in [4.69, 9.17) is 9.15 Å². The second kappa shape index (κ2) is 6.07. The molecule has 0 fully saturated rings. The molecule has 0 spiro atoms. The van der Waals surface area contributed by atoms with Gasteiger partial charge in [-0.15, -0.1) is 10.2 Å². The van der Waals surface area contributed by atoms with Crippen LogP contribution >= 0.6 is 15.9 Å². The Morgan fingerprint density at radius 3 is 2.77 bits per heavy atom. The van der Waals surface area contributed by atoms with Crippen molar-refractivity contribution in [2.75, 3.05) is 0 Å². The van der Waals surface area contributed by atoms with Crippen molar-refractivity contribution >= 4 is 21.9 Å². The first-order valence-corrected chi connectivity index (χ1v) is 6.98. The monoisotopic (exact) mass is 362 g/mol. The molecule has 1 heterocycles. The molecule has 110 valence electrons. The number of halogens is 2. The minimum atomic E-state index is -0.696. The number of rotatable bonds is 3. The molecule has 0 atom stereocenters. The fourth-order valence-corrected chi connectivity index (χ4v) is 2.27. The van der Waals surface area contributed by atoms with Crippen molar-refractivity contribution in [3.8, 4) is 17.2 Å². The number of aromatic nitrogens is 2. The van der Waals surface area contributed by atoms with Gasteiger partial charge in [0, 0.05) is 0 Å². The lowest BCUT2D eigenvalue weighted by Gasteiger charge is -2.08. The molecular formula is C15H8BrFN2O3. The topological polar surface area (TPSA) is 65.2 Å². The Bertz CT molecular complexity index is 821. The van der Waals surface area contributed by atoms with Gasteiger partial charge in [-0.25, -0.2) is 9.18 Å². The average molecular weight is 363 g/mol. The van der Waals surface area contributed by atoms with Crippen LogP contribution in [-0.2, 0) is 0 Å². The first-order chi connectivity index (χ1) is 10.7. The summed E-state index contributed by atoms with van der Waals surface area (Å²) < 4.78 is 24.0. The molecule has 1 aromatic heterocycles. The van der Waals surface area contributed by atoms with Gasteiger partial charge in [0.2, 0.25) is 6.39 Å². The van der Waals surface area contributed by atoms with Gasteiger partial charge in [0.25, 0.3) is 5.89 Å². The molecule has 0 saturated carbocycles. The van der Waals surface area contributed by atoms with Crippen LogP contribution in [0.1, 0.15) is 10.4 Å². The summed E-state index contributed by atoms with van der Waals surface area (Å²) in [7, 11) is 0. The molecular weight excluding hydrogens is 355 g/mol. The third-order valence-electron chi connectivity index (χ3n) is 2.85. The van der Waals surface area contributed by atoms with Crippen molar-refractivity contribution < 1.29 is 18.3 Å². The maximum atomic E-state index is 13.5. The van der Waals surface area contributed by atoms with Gasteiger partial charge in [-0.2, -0.15) is 0 Å². The summed E-state index contributed by atoms with van der Waals surface area (Å²) in [6.07, 6.45) is 1.18. The van der Waals surface area contributed by atoms with E-state index in [9.17, 15) is 9.18 Å². The van der Waals surface area contributed by atoms with E-state index in [0.717, 1.165) is 0 Å². The van der Waals surface area contributed by atoms with Gasteiger partial charge in [0.15, 0.2) is 0 Å². The van der Waals surface area contributed by atoms with E-state index in [1.807, 2.05) is 0 Å². The van der Waals surface area contributed by atoms with Crippen LogP contribution in [0.5, 0.6) is 5.75 Å². The molecule has 2 aromatic carbocycles. The highest BCUT2D eigenvalue weighted by Crippen LogP contribution is 2.29. The maximum absolute atomic E-state index is 13.5. The Kier molecular flexibility index (Phi) is 3.97. The predicted octanol–water partition coefficient (Wildman–Crippen LogP) is 3.86. The standard InChI is InChI=1S/C15H8BrFN2O3/c16-13-10(5-3-6-11(13)17)15(20)22-12-7-2-1-4-9(12)14-19-18-8-21-14/h1-8H. The van der Waals surface area contributed by atoms with Gasteiger partial charge < -0.3 is 9.15 Å². The van der Waals surface area contributed by atoms with Crippen LogP contribution in [0.3, 0.4) is 0 Å². The van der Waals surface area contributed by atoms with Crippen LogP contribution in [0.25, 0.3) is 11.5 Å². The summed E-state index contributed by atoms with van der Waals surface area (Å²) in [5.41, 5.74) is 0.557. The van der Waals surface area contributed by atoms with Gasteiger partial charge in [-0.1, -0.05) is 18.2 Å². The molecule has 0 N–H and O–H groups in total. The summed E-state index contributed by atoms with van der Waals surface area (Å²) in [4.78, 5) is 12.2. The number of nitrogens with zero attached hydrogens (tertiary/aromatic N) is 2. The molecule has 5 nitrogen and oxygen atoms in total. The number of ether oxygens (including phenoxy) is 1. The largest absolute Gasteiger partial charge is 0.423 e. The second-order valence-corrected chi connectivity index (χ2v) is 5.02. The van der Waals surface area contributed by atoms with Crippen molar-refractivity contribution in [1.82, 2.24) is 10.2 Å². The van der Waals surface area contributed by atoms with Crippen molar-refractivity contribution in [1.29, 1.82) is 0 Å². The van der Waals surface area contributed by atoms with Crippen molar-refractivity contribution in [2.24, 2.45) is 0 Å². The number of carbonyl (C=O) groups excluding carboxylic acids is 1. The van der Waals surface area contributed by atoms with Crippen LogP contribution in [0.4, 0.5) is 4.39 Å². The van der Waals surface area contributed by atoms with Crippen LogP contribution in [0, 0.1) is 5.82 Å². The molecule has 0 unspecified atom stereocenters. The first-order valence-electron chi connectivity index (χ1n) is 6.18. The number of carbonyl (C=O) groups is 1. The Morgan fingerprint density at radius 1 is 1.18 bits per heavy atom. The SMILES string of the molecule is O=C(Oc1ccccc1-c1nnco1)c1cccc(F)c1Br. The van der Waals surface area contributed by atoms with Gasteiger partial charge in [-0.3, -0.25) is 0 Å². The van der Waals surface area contributed by atoms with E-state index in [1.54, 1.807) is 24.3 Å². The molecule has 22 heavy (non-hydrogen) atoms. The number of hydrogen-bond acceptors (Lipinski definition) is 5. The molecule has 0 aliphatic heterocycles. The quantitative estimate of drug-likeness (QED) is 0.522. The van der Waals surface area contributed by atoms with E-state index >= 15 is 0 Å². The minimum Gasteiger partial charge on any atom is -0.423 e. The summed E-state index contributed by atoms with van der Waals surface area (Å²) >= 11 is 3.03. The molecule has 0 bridgehead atoms. The van der Waals surface area contributed by atoms with E-state index in [1.165, 1.54) is 24.6 Å². The summed E-state index contributed by atoms with van der Waals surface area (Å²) in [6, 6.07) is 10.8. The smallest absolute Gasteiger partial charge is 0.344 e. The molecule has 3 aromatic rings. The number of esters is 1. The van der Waals surface area contributed by atoms with E-state index in [-0.39, 0.29) is 21.7 Å². The van der Waals surface area contributed by atoms with E-state index in [0.29, 0.717) is 5.56 Å². The third kappa shape index (κ3) is 2.75. The zero-order valence-corrected chi connectivity index (χ0v) is 12.6. The normalized spacial score (nSPS) is 10.5. The summed E-state index contributed by atoms with van der Waals surface area (Å²) in [6.45, 7) is 0. The number of benzene rings is 2. The summed E-state index contributed by atoms with van der Waals surface area (Å²) in [5, 5.41) is 7.37. The first kappa shape index (κ1) is 14.4. The average Bonchev–Trinajstić information content (AvgIpc) is 3.04. The number of hydrogen-bond donors (Lipinski definition) is 0. The van der Waals surface area contributed by atoms with Crippen molar-refractivity contribution in [3.63, 3.8) is 0 Å². The predicted molar refractivity (Wildman–Crippen MR) is 78.8 cm³/mol. The lowest BCUT2D eigenvalue weighted by atomic mass is 10.2. The molecule has 0 radical (unpaired) electrons. The molecule has 3 rings (SSSR count). The summed E-state index contributed by atoms with van der Waals surface area (Å²) in [5.74, 6) is -0.771. The Morgan fingerprint density at radius 2 is 2.00 bits per heavy atom. The lowest BCUT2D eigenvalue weighted by molar-refractivity contribution is 0.0734. The third-order valence-corrected chi connectivity index (χ3v) is 3.66. The van der Waals surface area contributed by atoms with Crippen LogP contribution in [0.2, 0.25) is 0 Å². The molecule has 0 saturated heterocycles. The molecule has 7 heteroatoms. The van der Waals surface area contributed by atoms with Crippen LogP contribution < -0.4 is 4.74 Å². The Hall–Kier alpha value is -2.54. The molecule has 0 aliphatic carbocycles.